The van der Waals surface area contributed by atoms with Crippen LogP contribution in [0.3, 0.4) is 0 Å². The molecule has 1 fully saturated rings. The smallest absolute Gasteiger partial charge is 0.211 e. The van der Waals surface area contributed by atoms with Crippen LogP contribution in [-0.4, -0.2) is 4.98 Å². The van der Waals surface area contributed by atoms with E-state index < -0.39 is 0 Å². The van der Waals surface area contributed by atoms with Gasteiger partial charge in [-0.15, -0.1) is 0 Å². The number of aryl methyl sites for hydroxylation is 1. The highest BCUT2D eigenvalue weighted by Gasteiger charge is 2.46. The number of rotatable bonds is 2. The molecule has 1 heterocycles. The molecule has 1 aliphatic rings. The molecule has 1 saturated carbocycles. The Hall–Kier alpha value is -0.310. The third-order valence-electron chi connectivity index (χ3n) is 1.97. The first-order chi connectivity index (χ1) is 5.24. The summed E-state index contributed by atoms with van der Waals surface area (Å²) in [5.41, 5.74) is 0. The van der Waals surface area contributed by atoms with Gasteiger partial charge in [-0.1, -0.05) is 22.9 Å². The van der Waals surface area contributed by atoms with Gasteiger partial charge in [0, 0.05) is 6.42 Å². The summed E-state index contributed by atoms with van der Waals surface area (Å²) in [5.74, 6) is 1.83. The van der Waals surface area contributed by atoms with Crippen LogP contribution in [0.15, 0.2) is 10.6 Å². The van der Waals surface area contributed by atoms with Crippen LogP contribution in [0.25, 0.3) is 0 Å². The van der Waals surface area contributed by atoms with Crippen molar-refractivity contribution in [3.63, 3.8) is 0 Å². The zero-order chi connectivity index (χ0) is 7.90. The number of aromatic nitrogens is 1. The van der Waals surface area contributed by atoms with E-state index in [1.54, 1.807) is 0 Å². The molecular weight excluding hydrogens is 206 g/mol. The molecule has 0 unspecified atom stereocenters. The Bertz CT molecular complexity index is 265. The molecule has 3 heteroatoms. The van der Waals surface area contributed by atoms with Gasteiger partial charge in [-0.05, 0) is 12.8 Å². The van der Waals surface area contributed by atoms with Crippen LogP contribution in [0.4, 0.5) is 0 Å². The van der Waals surface area contributed by atoms with Crippen LogP contribution in [0.1, 0.15) is 31.4 Å². The van der Waals surface area contributed by atoms with Gasteiger partial charge in [0.25, 0.3) is 0 Å². The fourth-order valence-corrected chi connectivity index (χ4v) is 1.38. The third kappa shape index (κ3) is 1.22. The normalized spacial score (nSPS) is 20.2. The molecule has 0 aliphatic heterocycles. The van der Waals surface area contributed by atoms with Crippen LogP contribution in [0.2, 0.25) is 0 Å². The van der Waals surface area contributed by atoms with Crippen molar-refractivity contribution in [2.75, 3.05) is 0 Å². The highest BCUT2D eigenvalue weighted by molar-refractivity contribution is 9.09. The summed E-state index contributed by atoms with van der Waals surface area (Å²) < 4.78 is 5.60. The highest BCUT2D eigenvalue weighted by Crippen LogP contribution is 2.53. The minimum atomic E-state index is 0.0976. The number of hydrogen-bond acceptors (Lipinski definition) is 2. The molecule has 1 aromatic heterocycles. The number of hydrogen-bond donors (Lipinski definition) is 0. The maximum Gasteiger partial charge on any atom is 0.211 e. The molecule has 0 N–H and O–H groups in total. The lowest BCUT2D eigenvalue weighted by molar-refractivity contribution is 0.453. The van der Waals surface area contributed by atoms with Gasteiger partial charge in [0.2, 0.25) is 5.89 Å². The summed E-state index contributed by atoms with van der Waals surface area (Å²) in [6, 6.07) is 0. The van der Waals surface area contributed by atoms with Gasteiger partial charge in [-0.2, -0.15) is 0 Å². The van der Waals surface area contributed by atoms with Gasteiger partial charge in [-0.25, -0.2) is 4.98 Å². The van der Waals surface area contributed by atoms with E-state index in [1.165, 1.54) is 0 Å². The third-order valence-corrected chi connectivity index (χ3v) is 3.11. The summed E-state index contributed by atoms with van der Waals surface area (Å²) in [7, 11) is 0. The van der Waals surface area contributed by atoms with Gasteiger partial charge >= 0.3 is 0 Å². The summed E-state index contributed by atoms with van der Waals surface area (Å²) in [6.07, 6.45) is 5.04. The Labute approximate surface area is 74.1 Å². The van der Waals surface area contributed by atoms with Crippen LogP contribution in [0.5, 0.6) is 0 Å². The topological polar surface area (TPSA) is 26.0 Å². The zero-order valence-electron chi connectivity index (χ0n) is 6.43. The van der Waals surface area contributed by atoms with E-state index in [4.69, 9.17) is 4.42 Å². The molecule has 0 amide bonds. The second-order valence-corrected chi connectivity index (χ2v) is 4.47. The lowest BCUT2D eigenvalue weighted by atomic mass is 10.4. The van der Waals surface area contributed by atoms with E-state index in [1.807, 2.05) is 6.20 Å². The van der Waals surface area contributed by atoms with Crippen LogP contribution < -0.4 is 0 Å². The van der Waals surface area contributed by atoms with Crippen molar-refractivity contribution in [2.24, 2.45) is 0 Å². The van der Waals surface area contributed by atoms with Crippen molar-refractivity contribution in [2.45, 2.75) is 30.5 Å². The minimum Gasteiger partial charge on any atom is -0.444 e. The molecule has 0 saturated heterocycles. The molecule has 11 heavy (non-hydrogen) atoms. The molecule has 2 rings (SSSR count). The average molecular weight is 216 g/mol. The van der Waals surface area contributed by atoms with Gasteiger partial charge < -0.3 is 4.42 Å². The standard InChI is InChI=1S/C8H10BrNO/c1-2-6-5-10-7(11-6)8(9)3-4-8/h5H,2-4H2,1H3. The van der Waals surface area contributed by atoms with Crippen molar-refractivity contribution in [1.29, 1.82) is 0 Å². The average Bonchev–Trinajstić information content (AvgIpc) is 2.61. The fraction of sp³-hybridized carbons (Fsp3) is 0.625. The predicted molar refractivity (Wildman–Crippen MR) is 45.7 cm³/mol. The summed E-state index contributed by atoms with van der Waals surface area (Å²) in [4.78, 5) is 4.21. The monoisotopic (exact) mass is 215 g/mol. The number of nitrogens with zero attached hydrogens (tertiary/aromatic N) is 1. The number of alkyl halides is 1. The van der Waals surface area contributed by atoms with E-state index in [9.17, 15) is 0 Å². The molecular formula is C8H10BrNO. The highest BCUT2D eigenvalue weighted by atomic mass is 79.9. The van der Waals surface area contributed by atoms with E-state index in [2.05, 4.69) is 27.8 Å². The Morgan fingerprint density at radius 3 is 2.91 bits per heavy atom. The molecule has 1 aliphatic carbocycles. The molecule has 2 nitrogen and oxygen atoms in total. The second kappa shape index (κ2) is 2.34. The second-order valence-electron chi connectivity index (χ2n) is 2.95. The molecule has 0 aromatic carbocycles. The summed E-state index contributed by atoms with van der Waals surface area (Å²) >= 11 is 3.58. The van der Waals surface area contributed by atoms with Gasteiger partial charge in [0.1, 0.15) is 10.1 Å². The SMILES string of the molecule is CCc1cnc(C2(Br)CC2)o1. The van der Waals surface area contributed by atoms with E-state index in [-0.39, 0.29) is 4.32 Å². The number of oxazole rings is 1. The molecule has 1 aromatic rings. The van der Waals surface area contributed by atoms with E-state index in [0.717, 1.165) is 30.9 Å². The quantitative estimate of drug-likeness (QED) is 0.710. The maximum atomic E-state index is 5.50. The van der Waals surface area contributed by atoms with Gasteiger partial charge in [-0.3, -0.25) is 0 Å². The Morgan fingerprint density at radius 1 is 1.73 bits per heavy atom. The number of halogens is 1. The van der Waals surface area contributed by atoms with Gasteiger partial charge in [0.15, 0.2) is 0 Å². The maximum absolute atomic E-state index is 5.50. The van der Waals surface area contributed by atoms with Crippen LogP contribution in [0, 0.1) is 0 Å². The molecule has 0 atom stereocenters. The molecule has 0 radical (unpaired) electrons. The predicted octanol–water partition coefficient (Wildman–Crippen LogP) is 2.62. The van der Waals surface area contributed by atoms with E-state index >= 15 is 0 Å². The molecule has 60 valence electrons. The summed E-state index contributed by atoms with van der Waals surface area (Å²) in [5, 5.41) is 0. The minimum absolute atomic E-state index is 0.0976. The first-order valence-electron chi connectivity index (χ1n) is 3.89. The van der Waals surface area contributed by atoms with Crippen molar-refractivity contribution >= 4 is 15.9 Å². The fourth-order valence-electron chi connectivity index (χ4n) is 1.00. The van der Waals surface area contributed by atoms with Crippen molar-refractivity contribution in [1.82, 2.24) is 4.98 Å². The van der Waals surface area contributed by atoms with Crippen molar-refractivity contribution in [3.8, 4) is 0 Å². The lowest BCUT2D eigenvalue weighted by Crippen LogP contribution is -1.93. The van der Waals surface area contributed by atoms with Gasteiger partial charge in [0.05, 0.1) is 6.20 Å². The van der Waals surface area contributed by atoms with Crippen LogP contribution in [-0.2, 0) is 10.7 Å². The first-order valence-corrected chi connectivity index (χ1v) is 4.68. The zero-order valence-corrected chi connectivity index (χ0v) is 8.02. The van der Waals surface area contributed by atoms with Crippen LogP contribution >= 0.6 is 15.9 Å². The Balaban J connectivity index is 2.25. The molecule has 0 spiro atoms. The lowest BCUT2D eigenvalue weighted by Gasteiger charge is -1.97. The van der Waals surface area contributed by atoms with Crippen molar-refractivity contribution in [3.05, 3.63) is 17.8 Å². The largest absolute Gasteiger partial charge is 0.444 e. The molecule has 0 bridgehead atoms. The van der Waals surface area contributed by atoms with Crippen molar-refractivity contribution < 1.29 is 4.42 Å². The Kier molecular flexibility index (Phi) is 1.56. The first kappa shape index (κ1) is 7.35. The summed E-state index contributed by atoms with van der Waals surface area (Å²) in [6.45, 7) is 2.07. The van der Waals surface area contributed by atoms with E-state index in [0.29, 0.717) is 0 Å². The Morgan fingerprint density at radius 2 is 2.45 bits per heavy atom.